The summed E-state index contributed by atoms with van der Waals surface area (Å²) in [4.78, 5) is 40.2. The van der Waals surface area contributed by atoms with Gasteiger partial charge in [0, 0.05) is 46.3 Å². The van der Waals surface area contributed by atoms with E-state index >= 15 is 0 Å². The quantitative estimate of drug-likeness (QED) is 0.276. The Labute approximate surface area is 223 Å². The summed E-state index contributed by atoms with van der Waals surface area (Å²) in [6, 6.07) is 21.4. The summed E-state index contributed by atoms with van der Waals surface area (Å²) in [5.41, 5.74) is 7.65. The van der Waals surface area contributed by atoms with Gasteiger partial charge in [-0.1, -0.05) is 25.1 Å². The van der Waals surface area contributed by atoms with Gasteiger partial charge in [-0.25, -0.2) is 0 Å². The molecule has 2 amide bonds. The minimum atomic E-state index is -2.81. The number of hydrogen-bond donors (Lipinski definition) is 4. The number of nitrogens with one attached hydrogen (secondary N) is 1. The third kappa shape index (κ3) is 4.21. The summed E-state index contributed by atoms with van der Waals surface area (Å²) in [6.07, 6.45) is -0.169. The van der Waals surface area contributed by atoms with Crippen molar-refractivity contribution < 1.29 is 24.2 Å². The average molecular weight is 532 g/mol. The Hall–Kier alpha value is -3.50. The summed E-state index contributed by atoms with van der Waals surface area (Å²) in [6.45, 7) is 5.53. The SMILES string of the molecule is C[C@H]1[C@H]([Si](C)(C)O)[C@@H](CCO)O[C@]12C(=O)N(c1ccccc1)c1ccc(NC(=O)c3ccc(N)cc3)cc12. The van der Waals surface area contributed by atoms with Crippen LogP contribution in [-0.2, 0) is 15.1 Å². The molecule has 0 unspecified atom stereocenters. The number of carbonyl (C=O) groups is 2. The van der Waals surface area contributed by atoms with Gasteiger partial charge < -0.3 is 25.7 Å². The average Bonchev–Trinajstić information content (AvgIpc) is 3.31. The Kier molecular flexibility index (Phi) is 6.64. The maximum absolute atomic E-state index is 14.4. The molecule has 0 aromatic heterocycles. The van der Waals surface area contributed by atoms with Gasteiger partial charge in [-0.05, 0) is 74.1 Å². The van der Waals surface area contributed by atoms with Gasteiger partial charge in [-0.3, -0.25) is 14.5 Å². The van der Waals surface area contributed by atoms with Crippen LogP contribution < -0.4 is 16.0 Å². The number of rotatable bonds is 6. The molecule has 2 heterocycles. The van der Waals surface area contributed by atoms with Crippen LogP contribution in [0, 0.1) is 5.92 Å². The van der Waals surface area contributed by atoms with Crippen molar-refractivity contribution in [3.63, 3.8) is 0 Å². The molecule has 0 radical (unpaired) electrons. The van der Waals surface area contributed by atoms with E-state index in [4.69, 9.17) is 10.5 Å². The molecule has 2 aliphatic heterocycles. The predicted molar refractivity (Wildman–Crippen MR) is 150 cm³/mol. The monoisotopic (exact) mass is 531 g/mol. The van der Waals surface area contributed by atoms with E-state index in [0.29, 0.717) is 40.3 Å². The number of aliphatic hydroxyl groups excluding tert-OH is 1. The van der Waals surface area contributed by atoms with Crippen molar-refractivity contribution in [2.24, 2.45) is 5.92 Å². The Balaban J connectivity index is 1.62. The molecule has 1 saturated heterocycles. The predicted octanol–water partition coefficient (Wildman–Crippen LogP) is 4.38. The highest BCUT2D eigenvalue weighted by atomic mass is 28.4. The maximum atomic E-state index is 14.4. The number of anilines is 4. The fourth-order valence-electron chi connectivity index (χ4n) is 6.15. The van der Waals surface area contributed by atoms with Crippen molar-refractivity contribution in [2.75, 3.05) is 22.6 Å². The second-order valence-corrected chi connectivity index (χ2v) is 14.6. The van der Waals surface area contributed by atoms with Gasteiger partial charge in [0.2, 0.25) is 0 Å². The molecule has 0 aliphatic carbocycles. The van der Waals surface area contributed by atoms with Crippen LogP contribution >= 0.6 is 0 Å². The Morgan fingerprint density at radius 1 is 1.11 bits per heavy atom. The molecule has 3 aromatic carbocycles. The number of nitrogen functional groups attached to an aromatic ring is 1. The molecule has 3 aromatic rings. The largest absolute Gasteiger partial charge is 0.432 e. The van der Waals surface area contributed by atoms with Crippen molar-refractivity contribution in [1.29, 1.82) is 0 Å². The molecule has 2 aliphatic rings. The Morgan fingerprint density at radius 3 is 2.42 bits per heavy atom. The number of para-hydroxylation sites is 1. The zero-order valence-corrected chi connectivity index (χ0v) is 22.7. The highest BCUT2D eigenvalue weighted by molar-refractivity contribution is 6.71. The number of benzene rings is 3. The fraction of sp³-hybridized carbons (Fsp3) is 0.310. The van der Waals surface area contributed by atoms with Crippen LogP contribution in [-0.4, -0.2) is 42.7 Å². The van der Waals surface area contributed by atoms with Crippen molar-refractivity contribution in [3.8, 4) is 0 Å². The Morgan fingerprint density at radius 2 is 1.79 bits per heavy atom. The van der Waals surface area contributed by atoms with E-state index in [1.165, 1.54) is 0 Å². The van der Waals surface area contributed by atoms with E-state index in [-0.39, 0.29) is 29.9 Å². The normalized spacial score (nSPS) is 24.6. The number of ether oxygens (including phenoxy) is 1. The third-order valence-electron chi connectivity index (χ3n) is 7.75. The molecule has 38 heavy (non-hydrogen) atoms. The summed E-state index contributed by atoms with van der Waals surface area (Å²) in [7, 11) is -2.81. The first-order chi connectivity index (χ1) is 18.1. The van der Waals surface area contributed by atoms with Crippen LogP contribution in [0.15, 0.2) is 72.8 Å². The van der Waals surface area contributed by atoms with E-state index in [0.717, 1.165) is 0 Å². The van der Waals surface area contributed by atoms with Crippen molar-refractivity contribution >= 4 is 42.9 Å². The molecule has 9 heteroatoms. The van der Waals surface area contributed by atoms with E-state index < -0.39 is 20.0 Å². The summed E-state index contributed by atoms with van der Waals surface area (Å²) in [5, 5.41) is 12.7. The van der Waals surface area contributed by atoms with Crippen LogP contribution in [0.4, 0.5) is 22.7 Å². The lowest BCUT2D eigenvalue weighted by molar-refractivity contribution is -0.145. The Bertz CT molecular complexity index is 1360. The highest BCUT2D eigenvalue weighted by Crippen LogP contribution is 2.60. The number of hydrogen-bond acceptors (Lipinski definition) is 6. The van der Waals surface area contributed by atoms with Gasteiger partial charge in [0.05, 0.1) is 11.8 Å². The summed E-state index contributed by atoms with van der Waals surface area (Å²) >= 11 is 0. The second-order valence-electron chi connectivity index (χ2n) is 10.7. The van der Waals surface area contributed by atoms with Gasteiger partial charge in [0.15, 0.2) is 13.9 Å². The van der Waals surface area contributed by atoms with E-state index in [1.54, 1.807) is 41.3 Å². The lowest BCUT2D eigenvalue weighted by atomic mass is 9.82. The number of carbonyl (C=O) groups excluding carboxylic acids is 2. The molecule has 1 fully saturated rings. The molecular weight excluding hydrogens is 498 g/mol. The van der Waals surface area contributed by atoms with Crippen LogP contribution in [0.25, 0.3) is 0 Å². The first kappa shape index (κ1) is 26.1. The maximum Gasteiger partial charge on any atom is 0.268 e. The molecule has 1 spiro atoms. The van der Waals surface area contributed by atoms with Crippen molar-refractivity contribution in [3.05, 3.63) is 83.9 Å². The van der Waals surface area contributed by atoms with Crippen LogP contribution in [0.5, 0.6) is 0 Å². The lowest BCUT2D eigenvalue weighted by Crippen LogP contribution is -2.45. The minimum absolute atomic E-state index is 0.115. The molecule has 0 saturated carbocycles. The topological polar surface area (TPSA) is 125 Å². The molecule has 5 rings (SSSR count). The van der Waals surface area contributed by atoms with Crippen molar-refractivity contribution in [2.45, 2.75) is 43.7 Å². The number of nitrogens with zero attached hydrogens (tertiary/aromatic N) is 1. The first-order valence-corrected chi connectivity index (χ1v) is 15.8. The fourth-order valence-corrected chi connectivity index (χ4v) is 8.75. The molecule has 198 valence electrons. The van der Waals surface area contributed by atoms with Crippen LogP contribution in [0.1, 0.15) is 29.3 Å². The molecule has 0 bridgehead atoms. The van der Waals surface area contributed by atoms with Gasteiger partial charge in [0.1, 0.15) is 0 Å². The van der Waals surface area contributed by atoms with Gasteiger partial charge >= 0.3 is 0 Å². The number of amides is 2. The van der Waals surface area contributed by atoms with Gasteiger partial charge in [-0.2, -0.15) is 0 Å². The third-order valence-corrected chi connectivity index (χ3v) is 10.3. The molecule has 5 N–H and O–H groups in total. The van der Waals surface area contributed by atoms with E-state index in [2.05, 4.69) is 5.32 Å². The highest BCUT2D eigenvalue weighted by Gasteiger charge is 2.66. The van der Waals surface area contributed by atoms with Crippen molar-refractivity contribution in [1.82, 2.24) is 0 Å². The smallest absolute Gasteiger partial charge is 0.268 e. The molecular formula is C29H33N3O5Si. The van der Waals surface area contributed by atoms with Crippen LogP contribution in [0.3, 0.4) is 0 Å². The van der Waals surface area contributed by atoms with E-state index in [9.17, 15) is 19.5 Å². The molecule has 4 atom stereocenters. The summed E-state index contributed by atoms with van der Waals surface area (Å²) in [5.74, 6) is -0.908. The first-order valence-electron chi connectivity index (χ1n) is 12.8. The number of fused-ring (bicyclic) bond motifs is 2. The van der Waals surface area contributed by atoms with Crippen LogP contribution in [0.2, 0.25) is 18.6 Å². The zero-order chi connectivity index (χ0) is 27.2. The van der Waals surface area contributed by atoms with Gasteiger partial charge in [0.25, 0.3) is 11.8 Å². The number of aliphatic hydroxyl groups is 1. The molecule has 8 nitrogen and oxygen atoms in total. The minimum Gasteiger partial charge on any atom is -0.432 e. The summed E-state index contributed by atoms with van der Waals surface area (Å²) < 4.78 is 6.65. The number of nitrogens with two attached hydrogens (primary N) is 1. The standard InChI is InChI=1S/C29H33N3O5Si/c1-18-26(38(2,3)36)25(15-16-33)37-29(18)23-17-21(31-27(34)19-9-11-20(30)12-10-19)13-14-24(23)32(28(29)35)22-7-5-4-6-8-22/h4-14,17-18,25-26,33,36H,15-16,30H2,1-3H3,(H,31,34)/t18-,25+,26-,29+/m0/s1. The second kappa shape index (κ2) is 9.67. The van der Waals surface area contributed by atoms with Gasteiger partial charge in [-0.15, -0.1) is 0 Å². The van der Waals surface area contributed by atoms with E-state index in [1.807, 2.05) is 56.4 Å². The zero-order valence-electron chi connectivity index (χ0n) is 21.7. The lowest BCUT2D eigenvalue weighted by Gasteiger charge is -2.32.